The van der Waals surface area contributed by atoms with Crippen LogP contribution < -0.4 is 9.47 Å². The van der Waals surface area contributed by atoms with Crippen molar-refractivity contribution in [2.24, 2.45) is 0 Å². The average Bonchev–Trinajstić information content (AvgIpc) is 3.21. The van der Waals surface area contributed by atoms with Crippen molar-refractivity contribution in [3.8, 4) is 11.5 Å². The summed E-state index contributed by atoms with van der Waals surface area (Å²) >= 11 is 0. The van der Waals surface area contributed by atoms with Crippen LogP contribution in [0.4, 0.5) is 0 Å². The lowest BCUT2D eigenvalue weighted by Crippen LogP contribution is -2.48. The van der Waals surface area contributed by atoms with Crippen LogP contribution in [-0.2, 0) is 16.8 Å². The number of ether oxygens (including phenoxy) is 3. The molecule has 0 atom stereocenters. The molecule has 5 rings (SSSR count). The van der Waals surface area contributed by atoms with Gasteiger partial charge >= 0.3 is 0 Å². The third-order valence-electron chi connectivity index (χ3n) is 6.42. The van der Waals surface area contributed by atoms with E-state index in [1.165, 1.54) is 5.56 Å². The highest BCUT2D eigenvalue weighted by Crippen LogP contribution is 2.45. The first kappa shape index (κ1) is 19.8. The highest BCUT2D eigenvalue weighted by Gasteiger charge is 2.42. The van der Waals surface area contributed by atoms with Crippen LogP contribution in [-0.4, -0.2) is 59.3 Å². The predicted molar refractivity (Wildman–Crippen MR) is 114 cm³/mol. The summed E-state index contributed by atoms with van der Waals surface area (Å²) in [4.78, 5) is 19.5. The Balaban J connectivity index is 1.40. The minimum atomic E-state index is -0.402. The first-order chi connectivity index (χ1) is 15.0. The van der Waals surface area contributed by atoms with Gasteiger partial charge in [-0.15, -0.1) is 0 Å². The van der Waals surface area contributed by atoms with E-state index in [-0.39, 0.29) is 5.91 Å². The molecule has 3 aromatic rings. The average molecular weight is 422 g/mol. The molecule has 0 saturated carbocycles. The number of piperidine rings is 1. The van der Waals surface area contributed by atoms with Gasteiger partial charge in [-0.25, -0.2) is 9.50 Å². The topological polar surface area (TPSA) is 78.2 Å². The summed E-state index contributed by atoms with van der Waals surface area (Å²) in [7, 11) is 3.30. The van der Waals surface area contributed by atoms with Gasteiger partial charge in [0.1, 0.15) is 5.56 Å². The molecule has 1 fully saturated rings. The van der Waals surface area contributed by atoms with Gasteiger partial charge in [0.2, 0.25) is 0 Å². The summed E-state index contributed by atoms with van der Waals surface area (Å²) in [5, 5.41) is 4.30. The van der Waals surface area contributed by atoms with Crippen molar-refractivity contribution in [3.63, 3.8) is 0 Å². The van der Waals surface area contributed by atoms with Gasteiger partial charge in [-0.05, 0) is 55.0 Å². The number of benzene rings is 1. The number of carbonyl (C=O) groups excluding carboxylic acids is 1. The van der Waals surface area contributed by atoms with Crippen LogP contribution in [0.5, 0.6) is 11.5 Å². The molecule has 1 amide bonds. The van der Waals surface area contributed by atoms with E-state index in [1.54, 1.807) is 31.1 Å². The lowest BCUT2D eigenvalue weighted by atomic mass is 9.79. The predicted octanol–water partition coefficient (Wildman–Crippen LogP) is 2.76. The van der Waals surface area contributed by atoms with Gasteiger partial charge in [-0.2, -0.15) is 5.10 Å². The maximum absolute atomic E-state index is 13.2. The zero-order valence-electron chi connectivity index (χ0n) is 18.1. The first-order valence-electron chi connectivity index (χ1n) is 10.5. The third-order valence-corrected chi connectivity index (χ3v) is 6.42. The standard InChI is InChI=1S/C23H26N4O4/c1-15-12-24-21-17(13-25-27(21)14-15)22(28)26-7-5-23(6-8-26)18-11-20(30-3)19(29-2)10-16(18)4-9-31-23/h10-14H,4-9H2,1-3H3. The number of aryl methyl sites for hydroxylation is 1. The maximum atomic E-state index is 13.2. The molecular formula is C23H26N4O4. The van der Waals surface area contributed by atoms with Gasteiger partial charge < -0.3 is 19.1 Å². The van der Waals surface area contributed by atoms with Gasteiger partial charge in [-0.1, -0.05) is 0 Å². The lowest BCUT2D eigenvalue weighted by molar-refractivity contribution is -0.0936. The SMILES string of the molecule is COc1cc2c(cc1OC)C1(CCN(C(=O)c3cnn4cc(C)cnc34)CC1)OCC2. The fraction of sp³-hybridized carbons (Fsp3) is 0.435. The van der Waals surface area contributed by atoms with Crippen molar-refractivity contribution in [3.05, 3.63) is 53.0 Å². The molecule has 0 aliphatic carbocycles. The van der Waals surface area contributed by atoms with Crippen molar-refractivity contribution in [2.75, 3.05) is 33.9 Å². The Morgan fingerprint density at radius 2 is 1.87 bits per heavy atom. The molecule has 2 aromatic heterocycles. The molecule has 31 heavy (non-hydrogen) atoms. The van der Waals surface area contributed by atoms with Crippen molar-refractivity contribution in [2.45, 2.75) is 31.8 Å². The van der Waals surface area contributed by atoms with Crippen molar-refractivity contribution >= 4 is 11.6 Å². The molecule has 0 unspecified atom stereocenters. The summed E-state index contributed by atoms with van der Waals surface area (Å²) in [6.07, 6.45) is 7.54. The minimum Gasteiger partial charge on any atom is -0.493 e. The first-order valence-corrected chi connectivity index (χ1v) is 10.5. The van der Waals surface area contributed by atoms with Gasteiger partial charge in [0.15, 0.2) is 17.1 Å². The monoisotopic (exact) mass is 422 g/mol. The van der Waals surface area contributed by atoms with Crippen molar-refractivity contribution in [1.29, 1.82) is 0 Å². The molecule has 2 aliphatic heterocycles. The summed E-state index contributed by atoms with van der Waals surface area (Å²) < 4.78 is 19.0. The summed E-state index contributed by atoms with van der Waals surface area (Å²) in [5.74, 6) is 1.41. The van der Waals surface area contributed by atoms with Crippen LogP contribution in [0.2, 0.25) is 0 Å². The Morgan fingerprint density at radius 3 is 2.61 bits per heavy atom. The molecule has 162 valence electrons. The second-order valence-corrected chi connectivity index (χ2v) is 8.21. The number of hydrogen-bond donors (Lipinski definition) is 0. The van der Waals surface area contributed by atoms with E-state index in [1.807, 2.05) is 24.1 Å². The second kappa shape index (κ2) is 7.53. The number of carbonyl (C=O) groups is 1. The lowest BCUT2D eigenvalue weighted by Gasteiger charge is -2.45. The van der Waals surface area contributed by atoms with Gasteiger partial charge in [-0.3, -0.25) is 4.79 Å². The van der Waals surface area contributed by atoms with Crippen LogP contribution in [0.1, 0.15) is 39.9 Å². The second-order valence-electron chi connectivity index (χ2n) is 8.21. The molecule has 0 radical (unpaired) electrons. The minimum absolute atomic E-state index is 0.0375. The van der Waals surface area contributed by atoms with Gasteiger partial charge in [0.05, 0.1) is 32.6 Å². The van der Waals surface area contributed by atoms with Crippen LogP contribution in [0, 0.1) is 6.92 Å². The van der Waals surface area contributed by atoms with E-state index in [0.29, 0.717) is 36.7 Å². The Kier molecular flexibility index (Phi) is 4.81. The molecule has 1 saturated heterocycles. The Labute approximate surface area is 180 Å². The Hall–Kier alpha value is -3.13. The van der Waals surface area contributed by atoms with Crippen LogP contribution in [0.3, 0.4) is 0 Å². The highest BCUT2D eigenvalue weighted by atomic mass is 16.5. The van der Waals surface area contributed by atoms with Crippen molar-refractivity contribution < 1.29 is 19.0 Å². The van der Waals surface area contributed by atoms with Crippen LogP contribution >= 0.6 is 0 Å². The van der Waals surface area contributed by atoms with E-state index in [9.17, 15) is 4.79 Å². The van der Waals surface area contributed by atoms with E-state index >= 15 is 0 Å². The van der Waals surface area contributed by atoms with E-state index in [0.717, 1.165) is 36.1 Å². The van der Waals surface area contributed by atoms with Gasteiger partial charge in [0.25, 0.3) is 5.91 Å². The third kappa shape index (κ3) is 3.22. The van der Waals surface area contributed by atoms with Crippen LogP contribution in [0.15, 0.2) is 30.7 Å². The number of methoxy groups -OCH3 is 2. The molecular weight excluding hydrogens is 396 g/mol. The summed E-state index contributed by atoms with van der Waals surface area (Å²) in [6, 6.07) is 4.10. The number of nitrogens with zero attached hydrogens (tertiary/aromatic N) is 4. The quantitative estimate of drug-likeness (QED) is 0.646. The van der Waals surface area contributed by atoms with Crippen molar-refractivity contribution in [1.82, 2.24) is 19.5 Å². The normalized spacial score (nSPS) is 17.6. The number of hydrogen-bond acceptors (Lipinski definition) is 6. The number of fused-ring (bicyclic) bond motifs is 3. The Bertz CT molecular complexity index is 1150. The highest BCUT2D eigenvalue weighted by molar-refractivity contribution is 5.99. The number of aromatic nitrogens is 3. The largest absolute Gasteiger partial charge is 0.493 e. The summed E-state index contributed by atoms with van der Waals surface area (Å²) in [6.45, 7) is 3.83. The summed E-state index contributed by atoms with van der Waals surface area (Å²) in [5.41, 5.74) is 4.09. The fourth-order valence-electron chi connectivity index (χ4n) is 4.76. The Morgan fingerprint density at radius 1 is 1.13 bits per heavy atom. The molecule has 8 heteroatoms. The fourth-order valence-corrected chi connectivity index (χ4v) is 4.76. The number of rotatable bonds is 3. The molecule has 1 aromatic carbocycles. The zero-order chi connectivity index (χ0) is 21.6. The molecule has 8 nitrogen and oxygen atoms in total. The van der Waals surface area contributed by atoms with E-state index in [4.69, 9.17) is 14.2 Å². The zero-order valence-corrected chi connectivity index (χ0v) is 18.1. The smallest absolute Gasteiger partial charge is 0.259 e. The molecule has 2 aliphatic rings. The van der Waals surface area contributed by atoms with E-state index in [2.05, 4.69) is 16.1 Å². The molecule has 1 spiro atoms. The van der Waals surface area contributed by atoms with E-state index < -0.39 is 5.60 Å². The van der Waals surface area contributed by atoms with Crippen LogP contribution in [0.25, 0.3) is 5.65 Å². The molecule has 4 heterocycles. The number of likely N-dealkylation sites (tertiary alicyclic amines) is 1. The van der Waals surface area contributed by atoms with Gasteiger partial charge in [0, 0.05) is 25.5 Å². The molecule has 0 N–H and O–H groups in total. The molecule has 0 bridgehead atoms. The maximum Gasteiger partial charge on any atom is 0.259 e. The number of amides is 1.